The van der Waals surface area contributed by atoms with Crippen molar-refractivity contribution in [3.63, 3.8) is 0 Å². The number of rotatable bonds is 8. The minimum atomic E-state index is -1.18. The average Bonchev–Trinajstić information content (AvgIpc) is 3.33. The largest absolute Gasteiger partial charge is 0.508 e. The zero-order valence-corrected chi connectivity index (χ0v) is 21.6. The molecule has 2 N–H and O–H groups in total. The Kier molecular flexibility index (Phi) is 7.04. The van der Waals surface area contributed by atoms with Crippen LogP contribution in [0, 0.1) is 0 Å². The molecule has 0 amide bonds. The highest BCUT2D eigenvalue weighted by atomic mass is 16.9. The first-order valence-corrected chi connectivity index (χ1v) is 12.6. The Morgan fingerprint density at radius 1 is 1.00 bits per heavy atom. The zero-order chi connectivity index (χ0) is 26.3. The summed E-state index contributed by atoms with van der Waals surface area (Å²) >= 11 is 0. The molecule has 9 heteroatoms. The van der Waals surface area contributed by atoms with E-state index in [2.05, 4.69) is 5.32 Å². The highest BCUT2D eigenvalue weighted by molar-refractivity contribution is 5.76. The number of aromatic hydroxyl groups is 1. The van der Waals surface area contributed by atoms with Crippen molar-refractivity contribution < 1.29 is 38.3 Å². The minimum Gasteiger partial charge on any atom is -0.508 e. The van der Waals surface area contributed by atoms with Gasteiger partial charge in [-0.25, -0.2) is 0 Å². The van der Waals surface area contributed by atoms with Gasteiger partial charge in [-0.2, -0.15) is 0 Å². The highest BCUT2D eigenvalue weighted by Crippen LogP contribution is 2.47. The van der Waals surface area contributed by atoms with Gasteiger partial charge in [0.25, 0.3) is 0 Å². The van der Waals surface area contributed by atoms with Crippen molar-refractivity contribution in [1.82, 2.24) is 5.32 Å². The van der Waals surface area contributed by atoms with E-state index in [1.54, 1.807) is 24.3 Å². The summed E-state index contributed by atoms with van der Waals surface area (Å²) in [7, 11) is 0. The molecule has 0 spiro atoms. The number of carbonyl (C=O) groups is 1. The first-order valence-electron chi connectivity index (χ1n) is 12.6. The summed E-state index contributed by atoms with van der Waals surface area (Å²) in [6.45, 7) is 7.98. The van der Waals surface area contributed by atoms with Gasteiger partial charge in [-0.3, -0.25) is 10.1 Å². The predicted molar refractivity (Wildman–Crippen MR) is 132 cm³/mol. The maximum atomic E-state index is 13.3. The van der Waals surface area contributed by atoms with Crippen LogP contribution in [0.1, 0.15) is 38.8 Å². The molecule has 0 saturated carbocycles. The molecule has 0 aliphatic carbocycles. The summed E-state index contributed by atoms with van der Waals surface area (Å²) in [4.78, 5) is 13.3. The van der Waals surface area contributed by atoms with Crippen LogP contribution in [-0.4, -0.2) is 65.9 Å². The molecule has 0 radical (unpaired) electrons. The second kappa shape index (κ2) is 9.98. The van der Waals surface area contributed by atoms with Crippen LogP contribution >= 0.6 is 0 Å². The molecule has 5 rings (SSSR count). The molecule has 3 heterocycles. The maximum Gasteiger partial charge on any atom is 0.323 e. The highest BCUT2D eigenvalue weighted by Gasteiger charge is 2.65. The van der Waals surface area contributed by atoms with E-state index in [-0.39, 0.29) is 37.7 Å². The van der Waals surface area contributed by atoms with Gasteiger partial charge in [0.1, 0.15) is 36.7 Å². The van der Waals surface area contributed by atoms with Crippen LogP contribution in [0.5, 0.6) is 5.75 Å². The predicted octanol–water partition coefficient (Wildman–Crippen LogP) is 3.03. The molecule has 3 aliphatic rings. The van der Waals surface area contributed by atoms with Crippen LogP contribution in [-0.2, 0) is 46.2 Å². The molecular weight excluding hydrogens is 478 g/mol. The molecular formula is C28H35NO8. The SMILES string of the molecule is CC1(C)O[C@@H]2[C@@H](CO[C@@]3(CN[C@@H](Cc4ccc(O)cc4)C(=O)OCc4ccccc4)OC(C)(C)O[C@@H]23)O1. The summed E-state index contributed by atoms with van der Waals surface area (Å²) in [5, 5.41) is 13.0. The number of hydrogen-bond acceptors (Lipinski definition) is 9. The number of fused-ring (bicyclic) bond motifs is 3. The number of hydrogen-bond donors (Lipinski definition) is 2. The van der Waals surface area contributed by atoms with Crippen molar-refractivity contribution in [2.24, 2.45) is 0 Å². The Bertz CT molecular complexity index is 1090. The number of carbonyl (C=O) groups excluding carboxylic acids is 1. The number of nitrogens with one attached hydrogen (secondary N) is 1. The molecule has 5 atom stereocenters. The van der Waals surface area contributed by atoms with E-state index >= 15 is 0 Å². The number of phenols is 1. The molecule has 0 unspecified atom stereocenters. The number of benzene rings is 2. The lowest BCUT2D eigenvalue weighted by Gasteiger charge is -2.41. The Balaban J connectivity index is 1.33. The van der Waals surface area contributed by atoms with Crippen LogP contribution in [0.4, 0.5) is 0 Å². The van der Waals surface area contributed by atoms with Crippen LogP contribution < -0.4 is 5.32 Å². The molecule has 3 fully saturated rings. The van der Waals surface area contributed by atoms with Crippen LogP contribution in [0.3, 0.4) is 0 Å². The van der Waals surface area contributed by atoms with E-state index in [1.807, 2.05) is 58.0 Å². The molecule has 2 aromatic rings. The average molecular weight is 514 g/mol. The standard InChI is InChI=1S/C28H35NO8/c1-26(2)34-22-16-33-28(24(23(22)35-26)36-27(3,4)37-28)17-29-21(14-18-10-12-20(30)13-11-18)25(31)32-15-19-8-6-5-7-9-19/h5-13,21-24,29-30H,14-17H2,1-4H3/t21-,22+,23+,24-,28-/m0/s1. The first-order chi connectivity index (χ1) is 17.5. The van der Waals surface area contributed by atoms with E-state index in [0.717, 1.165) is 11.1 Å². The van der Waals surface area contributed by atoms with Gasteiger partial charge in [-0.1, -0.05) is 42.5 Å². The molecule has 3 saturated heterocycles. The Labute approximate surface area is 216 Å². The van der Waals surface area contributed by atoms with E-state index in [4.69, 9.17) is 28.4 Å². The molecule has 0 aromatic heterocycles. The summed E-state index contributed by atoms with van der Waals surface area (Å²) in [6.07, 6.45) is -0.884. The summed E-state index contributed by atoms with van der Waals surface area (Å²) in [5.41, 5.74) is 1.76. The van der Waals surface area contributed by atoms with Crippen molar-refractivity contribution >= 4 is 5.97 Å². The van der Waals surface area contributed by atoms with Gasteiger partial charge in [0.05, 0.1) is 13.2 Å². The fourth-order valence-corrected chi connectivity index (χ4v) is 5.18. The van der Waals surface area contributed by atoms with Crippen LogP contribution in [0.15, 0.2) is 54.6 Å². The van der Waals surface area contributed by atoms with Gasteiger partial charge in [-0.15, -0.1) is 0 Å². The summed E-state index contributed by atoms with van der Waals surface area (Å²) in [6, 6.07) is 15.6. The Hall–Kier alpha value is -2.53. The maximum absolute atomic E-state index is 13.3. The number of esters is 1. The third-order valence-electron chi connectivity index (χ3n) is 6.75. The zero-order valence-electron chi connectivity index (χ0n) is 21.6. The normalized spacial score (nSPS) is 30.3. The molecule has 200 valence electrons. The van der Waals surface area contributed by atoms with Crippen molar-refractivity contribution in [1.29, 1.82) is 0 Å². The van der Waals surface area contributed by atoms with E-state index in [9.17, 15) is 9.90 Å². The lowest BCUT2D eigenvalue weighted by Crippen LogP contribution is -2.63. The molecule has 2 aromatic carbocycles. The molecule has 37 heavy (non-hydrogen) atoms. The third kappa shape index (κ3) is 5.82. The minimum absolute atomic E-state index is 0.159. The van der Waals surface area contributed by atoms with Gasteiger partial charge in [-0.05, 0) is 57.4 Å². The monoisotopic (exact) mass is 513 g/mol. The van der Waals surface area contributed by atoms with Gasteiger partial charge >= 0.3 is 5.97 Å². The topological polar surface area (TPSA) is 105 Å². The van der Waals surface area contributed by atoms with E-state index in [0.29, 0.717) is 6.42 Å². The Morgan fingerprint density at radius 2 is 1.73 bits per heavy atom. The second-order valence-corrected chi connectivity index (χ2v) is 10.7. The fraction of sp³-hybridized carbons (Fsp3) is 0.536. The van der Waals surface area contributed by atoms with Crippen molar-refractivity contribution in [2.45, 2.75) is 82.4 Å². The second-order valence-electron chi connectivity index (χ2n) is 10.7. The van der Waals surface area contributed by atoms with Gasteiger partial charge in [0, 0.05) is 0 Å². The molecule has 3 aliphatic heterocycles. The smallest absolute Gasteiger partial charge is 0.323 e. The molecule has 9 nitrogen and oxygen atoms in total. The summed E-state index contributed by atoms with van der Waals surface area (Å²) < 4.78 is 36.7. The van der Waals surface area contributed by atoms with Gasteiger partial charge in [0.15, 0.2) is 11.6 Å². The van der Waals surface area contributed by atoms with Crippen molar-refractivity contribution in [3.05, 3.63) is 65.7 Å². The molecule has 0 bridgehead atoms. The van der Waals surface area contributed by atoms with Crippen LogP contribution in [0.25, 0.3) is 0 Å². The number of phenolic OH excluding ortho intramolecular Hbond substituents is 1. The van der Waals surface area contributed by atoms with E-state index < -0.39 is 35.5 Å². The summed E-state index contributed by atoms with van der Waals surface area (Å²) in [5.74, 6) is -3.11. The lowest BCUT2D eigenvalue weighted by atomic mass is 9.96. The van der Waals surface area contributed by atoms with Crippen molar-refractivity contribution in [2.75, 3.05) is 13.2 Å². The fourth-order valence-electron chi connectivity index (χ4n) is 5.18. The third-order valence-corrected chi connectivity index (χ3v) is 6.75. The lowest BCUT2D eigenvalue weighted by molar-refractivity contribution is -0.278. The number of ether oxygens (including phenoxy) is 6. The Morgan fingerprint density at radius 3 is 2.46 bits per heavy atom. The van der Waals surface area contributed by atoms with Gasteiger partial charge in [0.2, 0.25) is 5.79 Å². The van der Waals surface area contributed by atoms with E-state index in [1.165, 1.54) is 0 Å². The van der Waals surface area contributed by atoms with Gasteiger partial charge < -0.3 is 33.5 Å². The van der Waals surface area contributed by atoms with Crippen LogP contribution in [0.2, 0.25) is 0 Å². The first kappa shape index (κ1) is 26.1. The van der Waals surface area contributed by atoms with Crippen molar-refractivity contribution in [3.8, 4) is 5.75 Å². The quantitative estimate of drug-likeness (QED) is 0.516.